The Labute approximate surface area is 196 Å². The smallest absolute Gasteiger partial charge is 0.854 e. The van der Waals surface area contributed by atoms with E-state index in [9.17, 15) is 23.7 Å². The molecule has 1 heterocycles. The monoisotopic (exact) mass is 632 g/mol. The van der Waals surface area contributed by atoms with Crippen LogP contribution in [0.3, 0.4) is 0 Å². The molecule has 3 rings (SSSR count). The first-order chi connectivity index (χ1) is 13.8. The summed E-state index contributed by atoms with van der Waals surface area (Å²) in [6.45, 7) is 1.91. The van der Waals surface area contributed by atoms with Crippen molar-refractivity contribution in [2.75, 3.05) is 0 Å². The summed E-state index contributed by atoms with van der Waals surface area (Å²) in [4.78, 5) is 3.94. The number of aliphatic hydroxyl groups excluding tert-OH is 1. The SMILES string of the molecule is Cc1ccc([C-]=C(C(=[N-])c2cccc(C(F)(F)F)c2)C(O)c2cccnc2)cc1.[U+2]. The van der Waals surface area contributed by atoms with Crippen molar-refractivity contribution >= 4 is 5.71 Å². The molecule has 0 amide bonds. The summed E-state index contributed by atoms with van der Waals surface area (Å²) in [6, 6.07) is 14.7. The molecule has 0 saturated heterocycles. The van der Waals surface area contributed by atoms with E-state index in [-0.39, 0.29) is 42.2 Å². The van der Waals surface area contributed by atoms with Gasteiger partial charge >= 0.3 is 37.3 Å². The molecule has 3 nitrogen and oxygen atoms in total. The molecule has 0 radical (unpaired) electrons. The maximum absolute atomic E-state index is 13.1. The average molecular weight is 632 g/mol. The predicted molar refractivity (Wildman–Crippen MR) is 105 cm³/mol. The van der Waals surface area contributed by atoms with Gasteiger partial charge in [0.25, 0.3) is 0 Å². The number of aryl methyl sites for hydroxylation is 1. The molecule has 0 aliphatic heterocycles. The van der Waals surface area contributed by atoms with E-state index in [1.54, 1.807) is 24.3 Å². The Hall–Kier alpha value is -2.20. The van der Waals surface area contributed by atoms with Gasteiger partial charge in [0.2, 0.25) is 0 Å². The number of halogens is 3. The Morgan fingerprint density at radius 3 is 2.37 bits per heavy atom. The summed E-state index contributed by atoms with van der Waals surface area (Å²) in [5, 5.41) is 21.6. The zero-order chi connectivity index (χ0) is 21.0. The van der Waals surface area contributed by atoms with Gasteiger partial charge in [0, 0.05) is 18.0 Å². The minimum Gasteiger partial charge on any atom is -0.854 e. The zero-order valence-electron chi connectivity index (χ0n) is 16.0. The molecule has 1 N–H and O–H groups in total. The fourth-order valence-electron chi connectivity index (χ4n) is 2.75. The van der Waals surface area contributed by atoms with Crippen LogP contribution in [0.5, 0.6) is 0 Å². The van der Waals surface area contributed by atoms with Gasteiger partial charge in [-0.05, 0) is 13.0 Å². The van der Waals surface area contributed by atoms with Crippen LogP contribution in [0.1, 0.15) is 33.9 Å². The summed E-state index contributed by atoms with van der Waals surface area (Å²) < 4.78 is 39.2. The van der Waals surface area contributed by atoms with E-state index in [0.29, 0.717) is 11.1 Å². The fraction of sp³-hybridized carbons (Fsp3) is 0.130. The molecule has 1 atom stereocenters. The van der Waals surface area contributed by atoms with Gasteiger partial charge in [-0.1, -0.05) is 41.5 Å². The molecule has 0 bridgehead atoms. The third-order valence-electron chi connectivity index (χ3n) is 4.32. The second-order valence-corrected chi connectivity index (χ2v) is 6.52. The molecule has 2 aromatic carbocycles. The van der Waals surface area contributed by atoms with Crippen LogP contribution in [0.4, 0.5) is 13.2 Å². The minimum atomic E-state index is -4.55. The van der Waals surface area contributed by atoms with Crippen LogP contribution in [0.15, 0.2) is 78.6 Å². The third-order valence-corrected chi connectivity index (χ3v) is 4.32. The maximum atomic E-state index is 13.1. The van der Waals surface area contributed by atoms with E-state index < -0.39 is 23.6 Å². The second kappa shape index (κ2) is 10.2. The Morgan fingerprint density at radius 1 is 1.07 bits per heavy atom. The number of benzene rings is 2. The van der Waals surface area contributed by atoms with Crippen molar-refractivity contribution in [3.8, 4) is 0 Å². The van der Waals surface area contributed by atoms with Gasteiger partial charge in [0.15, 0.2) is 0 Å². The average Bonchev–Trinajstić information content (AvgIpc) is 2.72. The number of hydrogen-bond donors (Lipinski definition) is 1. The van der Waals surface area contributed by atoms with Crippen LogP contribution < -0.4 is 0 Å². The van der Waals surface area contributed by atoms with Crippen LogP contribution >= 0.6 is 0 Å². The fourth-order valence-corrected chi connectivity index (χ4v) is 2.75. The van der Waals surface area contributed by atoms with Crippen molar-refractivity contribution in [2.45, 2.75) is 19.2 Å². The minimum absolute atomic E-state index is 0. The summed E-state index contributed by atoms with van der Waals surface area (Å²) in [6.07, 6.45) is -0.00998. The van der Waals surface area contributed by atoms with Crippen molar-refractivity contribution in [3.63, 3.8) is 0 Å². The third kappa shape index (κ3) is 5.91. The molecule has 0 fully saturated rings. The summed E-state index contributed by atoms with van der Waals surface area (Å²) in [7, 11) is 0. The van der Waals surface area contributed by atoms with E-state index in [1.165, 1.54) is 24.5 Å². The Balaban J connectivity index is 0.00000320. The molecule has 7 heteroatoms. The molecule has 1 aromatic heterocycles. The molecule has 0 spiro atoms. The van der Waals surface area contributed by atoms with Crippen LogP contribution in [0, 0.1) is 44.1 Å². The van der Waals surface area contributed by atoms with Crippen LogP contribution in [0.2, 0.25) is 0 Å². The molecule has 0 saturated carbocycles. The van der Waals surface area contributed by atoms with E-state index in [1.807, 2.05) is 19.1 Å². The number of hydrogen-bond acceptors (Lipinski definition) is 2. The number of aliphatic hydroxyl groups is 1. The van der Waals surface area contributed by atoms with Crippen molar-refractivity contribution in [2.24, 2.45) is 0 Å². The standard InChI is InChI=1S/C23H17F3N2O.U/c1-15-7-9-16(10-8-15)12-20(22(29)18-5-3-11-28-14-18)21(27)17-4-2-6-19(13-17)23(24,25)26;/h2-11,13-14,22,29H,1H3;/q-2;+2. The van der Waals surface area contributed by atoms with Crippen LogP contribution in [0.25, 0.3) is 5.41 Å². The Kier molecular flexibility index (Phi) is 8.19. The van der Waals surface area contributed by atoms with Crippen LogP contribution in [-0.2, 0) is 6.18 Å². The first-order valence-electron chi connectivity index (χ1n) is 8.78. The molecule has 0 aliphatic rings. The van der Waals surface area contributed by atoms with Gasteiger partial charge in [0.05, 0.1) is 11.7 Å². The van der Waals surface area contributed by atoms with E-state index >= 15 is 0 Å². The summed E-state index contributed by atoms with van der Waals surface area (Å²) in [5.74, 6) is 0. The quantitative estimate of drug-likeness (QED) is 0.308. The Morgan fingerprint density at radius 2 is 1.77 bits per heavy atom. The van der Waals surface area contributed by atoms with Crippen molar-refractivity contribution in [3.05, 3.63) is 118 Å². The maximum Gasteiger partial charge on any atom is 2.00 e. The summed E-state index contributed by atoms with van der Waals surface area (Å²) in [5.41, 5.74) is 0.433. The second-order valence-electron chi connectivity index (χ2n) is 6.52. The van der Waals surface area contributed by atoms with Gasteiger partial charge in [-0.3, -0.25) is 4.98 Å². The molecular weight excluding hydrogens is 615 g/mol. The molecule has 3 aromatic rings. The number of nitrogens with zero attached hydrogens (tertiary/aromatic N) is 2. The largest absolute Gasteiger partial charge is 2.00 e. The van der Waals surface area contributed by atoms with Gasteiger partial charge in [0.1, 0.15) is 0 Å². The van der Waals surface area contributed by atoms with Gasteiger partial charge in [-0.15, -0.1) is 41.5 Å². The Bertz CT molecular complexity index is 1030. The number of pyridine rings is 1. The first-order valence-corrected chi connectivity index (χ1v) is 8.78. The van der Waals surface area contributed by atoms with Crippen molar-refractivity contribution in [1.82, 2.24) is 4.98 Å². The number of rotatable bonds is 5. The van der Waals surface area contributed by atoms with E-state index in [4.69, 9.17) is 0 Å². The normalized spacial score (nSPS) is 12.8. The zero-order valence-corrected chi connectivity index (χ0v) is 20.1. The molecule has 0 aliphatic carbocycles. The topological polar surface area (TPSA) is 55.4 Å². The molecule has 30 heavy (non-hydrogen) atoms. The first kappa shape index (κ1) is 24.1. The number of aromatic nitrogens is 1. The predicted octanol–water partition coefficient (Wildman–Crippen LogP) is 5.28. The van der Waals surface area contributed by atoms with Crippen molar-refractivity contribution in [1.29, 1.82) is 0 Å². The van der Waals surface area contributed by atoms with Crippen molar-refractivity contribution < 1.29 is 49.4 Å². The van der Waals surface area contributed by atoms with Gasteiger partial charge in [-0.2, -0.15) is 13.2 Å². The molecular formula is C23H17F3N2OU. The van der Waals surface area contributed by atoms with Crippen LogP contribution in [-0.4, -0.2) is 15.8 Å². The number of alkyl halides is 3. The van der Waals surface area contributed by atoms with Gasteiger partial charge in [-0.25, -0.2) is 5.71 Å². The van der Waals surface area contributed by atoms with E-state index in [2.05, 4.69) is 11.1 Å². The van der Waals surface area contributed by atoms with Gasteiger partial charge < -0.3 is 10.5 Å². The van der Waals surface area contributed by atoms with E-state index in [0.717, 1.165) is 17.7 Å². The summed E-state index contributed by atoms with van der Waals surface area (Å²) >= 11 is 0. The molecule has 150 valence electrons. The molecule has 1 unspecified atom stereocenters.